The third kappa shape index (κ3) is 4.64. The van der Waals surface area contributed by atoms with Crippen LogP contribution in [0.1, 0.15) is 24.8 Å². The number of carbonyl (C=O) groups excluding carboxylic acids is 2. The van der Waals surface area contributed by atoms with Crippen molar-refractivity contribution in [1.29, 1.82) is 0 Å². The molecule has 1 aromatic carbocycles. The lowest BCUT2D eigenvalue weighted by molar-refractivity contribution is -0.384. The highest BCUT2D eigenvalue weighted by atomic mass is 16.6. The first-order valence-corrected chi connectivity index (χ1v) is 7.34. The molecule has 0 radical (unpaired) electrons. The molecule has 0 aliphatic heterocycles. The number of esters is 1. The highest BCUT2D eigenvalue weighted by molar-refractivity contribution is 5.93. The van der Waals surface area contributed by atoms with E-state index in [0.717, 1.165) is 12.8 Å². The average molecular weight is 318 g/mol. The Morgan fingerprint density at radius 3 is 2.83 bits per heavy atom. The zero-order valence-electron chi connectivity index (χ0n) is 12.8. The van der Waals surface area contributed by atoms with Gasteiger partial charge in [0, 0.05) is 12.1 Å². The number of nitro groups is 1. The topological polar surface area (TPSA) is 98.5 Å². The van der Waals surface area contributed by atoms with Gasteiger partial charge in [-0.25, -0.2) is 0 Å². The first-order valence-electron chi connectivity index (χ1n) is 7.34. The van der Waals surface area contributed by atoms with E-state index in [2.05, 4.69) is 5.32 Å². The van der Waals surface area contributed by atoms with Crippen LogP contribution < -0.4 is 5.32 Å². The van der Waals surface area contributed by atoms with Crippen LogP contribution in [0.4, 0.5) is 11.4 Å². The number of rotatable bonds is 5. The highest BCUT2D eigenvalue weighted by Gasteiger charge is 2.21. The molecule has 0 saturated carbocycles. The summed E-state index contributed by atoms with van der Waals surface area (Å²) in [7, 11) is 0. The maximum Gasteiger partial charge on any atom is 0.309 e. The van der Waals surface area contributed by atoms with Gasteiger partial charge in [-0.2, -0.15) is 0 Å². The van der Waals surface area contributed by atoms with Crippen molar-refractivity contribution in [2.45, 2.75) is 26.2 Å². The molecule has 0 bridgehead atoms. The molecule has 0 spiro atoms. The lowest BCUT2D eigenvalue weighted by Gasteiger charge is -2.16. The van der Waals surface area contributed by atoms with E-state index in [1.54, 1.807) is 13.0 Å². The number of aryl methyl sites for hydroxylation is 1. The Balaban J connectivity index is 1.89. The zero-order chi connectivity index (χ0) is 16.8. The standard InChI is InChI=1S/C16H18N2O5/c1-11-7-8-13(18(21)22)9-14(11)17-15(19)10-23-16(20)12-5-3-2-4-6-12/h2-3,7-9,12H,4-6,10H2,1H3,(H,17,19)/t12-/m1/s1. The summed E-state index contributed by atoms with van der Waals surface area (Å²) in [5.74, 6) is -1.11. The number of nitrogens with zero attached hydrogens (tertiary/aromatic N) is 1. The van der Waals surface area contributed by atoms with Gasteiger partial charge in [0.1, 0.15) is 0 Å². The number of hydrogen-bond acceptors (Lipinski definition) is 5. The Morgan fingerprint density at radius 2 is 2.17 bits per heavy atom. The molecule has 7 heteroatoms. The molecule has 1 aromatic rings. The van der Waals surface area contributed by atoms with Gasteiger partial charge in [0.05, 0.1) is 16.5 Å². The second-order valence-electron chi connectivity index (χ2n) is 5.39. The lowest BCUT2D eigenvalue weighted by atomic mass is 9.95. The van der Waals surface area contributed by atoms with Crippen LogP contribution in [0.3, 0.4) is 0 Å². The molecule has 0 unspecified atom stereocenters. The van der Waals surface area contributed by atoms with Crippen molar-refractivity contribution in [3.05, 3.63) is 46.0 Å². The van der Waals surface area contributed by atoms with Crippen LogP contribution in [0.5, 0.6) is 0 Å². The van der Waals surface area contributed by atoms with E-state index in [9.17, 15) is 19.7 Å². The van der Waals surface area contributed by atoms with Crippen LogP contribution in [0.15, 0.2) is 30.4 Å². The van der Waals surface area contributed by atoms with Gasteiger partial charge in [-0.15, -0.1) is 0 Å². The number of non-ortho nitro benzene ring substituents is 1. The third-order valence-corrected chi connectivity index (χ3v) is 3.65. The normalized spacial score (nSPS) is 16.7. The van der Waals surface area contributed by atoms with Crippen LogP contribution in [0.25, 0.3) is 0 Å². The molecule has 1 amide bonds. The average Bonchev–Trinajstić information content (AvgIpc) is 2.55. The minimum atomic E-state index is -0.536. The molecular weight excluding hydrogens is 300 g/mol. The van der Waals surface area contributed by atoms with Gasteiger partial charge in [-0.3, -0.25) is 19.7 Å². The summed E-state index contributed by atoms with van der Waals surface area (Å²) in [6.45, 7) is 1.32. The van der Waals surface area contributed by atoms with Crippen molar-refractivity contribution in [2.24, 2.45) is 5.92 Å². The minimum Gasteiger partial charge on any atom is -0.455 e. The molecule has 0 fully saturated rings. The number of allylic oxidation sites excluding steroid dienone is 2. The number of anilines is 1. The first-order chi connectivity index (χ1) is 11.0. The van der Waals surface area contributed by atoms with Crippen LogP contribution in [-0.4, -0.2) is 23.4 Å². The van der Waals surface area contributed by atoms with Crippen molar-refractivity contribution < 1.29 is 19.2 Å². The van der Waals surface area contributed by atoms with Gasteiger partial charge in [-0.05, 0) is 31.7 Å². The third-order valence-electron chi connectivity index (χ3n) is 3.65. The van der Waals surface area contributed by atoms with E-state index < -0.39 is 17.4 Å². The van der Waals surface area contributed by atoms with Gasteiger partial charge in [0.15, 0.2) is 6.61 Å². The van der Waals surface area contributed by atoms with E-state index in [0.29, 0.717) is 17.7 Å². The second-order valence-corrected chi connectivity index (χ2v) is 5.39. The number of benzene rings is 1. The van der Waals surface area contributed by atoms with Gasteiger partial charge >= 0.3 is 5.97 Å². The Morgan fingerprint density at radius 1 is 1.39 bits per heavy atom. The number of hydrogen-bond donors (Lipinski definition) is 1. The zero-order valence-corrected chi connectivity index (χ0v) is 12.8. The van der Waals surface area contributed by atoms with Crippen LogP contribution in [-0.2, 0) is 14.3 Å². The molecule has 7 nitrogen and oxygen atoms in total. The van der Waals surface area contributed by atoms with E-state index in [1.165, 1.54) is 12.1 Å². The van der Waals surface area contributed by atoms with Gasteiger partial charge in [0.25, 0.3) is 11.6 Å². The second kappa shape index (κ2) is 7.53. The van der Waals surface area contributed by atoms with Gasteiger partial charge in [-0.1, -0.05) is 18.2 Å². The van der Waals surface area contributed by atoms with Crippen molar-refractivity contribution in [3.63, 3.8) is 0 Å². The number of nitrogens with one attached hydrogen (secondary N) is 1. The van der Waals surface area contributed by atoms with Crippen molar-refractivity contribution in [3.8, 4) is 0 Å². The predicted octanol–water partition coefficient (Wildman–Crippen LogP) is 2.74. The summed E-state index contributed by atoms with van der Waals surface area (Å²) in [6, 6.07) is 4.19. The number of carbonyl (C=O) groups is 2. The Kier molecular flexibility index (Phi) is 5.46. The molecule has 0 heterocycles. The summed E-state index contributed by atoms with van der Waals surface area (Å²) in [4.78, 5) is 33.9. The van der Waals surface area contributed by atoms with E-state index in [4.69, 9.17) is 4.74 Å². The molecule has 1 aliphatic rings. The molecule has 1 atom stereocenters. The molecular formula is C16H18N2O5. The fourth-order valence-corrected chi connectivity index (χ4v) is 2.31. The fraction of sp³-hybridized carbons (Fsp3) is 0.375. The summed E-state index contributed by atoms with van der Waals surface area (Å²) >= 11 is 0. The van der Waals surface area contributed by atoms with Gasteiger partial charge < -0.3 is 10.1 Å². The van der Waals surface area contributed by atoms with E-state index in [-0.39, 0.29) is 17.6 Å². The number of amides is 1. The van der Waals surface area contributed by atoms with Gasteiger partial charge in [0.2, 0.25) is 0 Å². The van der Waals surface area contributed by atoms with E-state index in [1.807, 2.05) is 12.2 Å². The molecule has 122 valence electrons. The molecule has 0 aromatic heterocycles. The highest BCUT2D eigenvalue weighted by Crippen LogP contribution is 2.22. The van der Waals surface area contributed by atoms with Crippen LogP contribution in [0, 0.1) is 23.0 Å². The molecule has 1 aliphatic carbocycles. The molecule has 1 N–H and O–H groups in total. The minimum absolute atomic E-state index is 0.114. The number of nitro benzene ring substituents is 1. The Hall–Kier alpha value is -2.70. The molecule has 0 saturated heterocycles. The maximum absolute atomic E-state index is 11.9. The Bertz CT molecular complexity index is 654. The van der Waals surface area contributed by atoms with Crippen LogP contribution >= 0.6 is 0 Å². The summed E-state index contributed by atoms with van der Waals surface area (Å²) in [6.07, 6.45) is 6.13. The monoisotopic (exact) mass is 318 g/mol. The summed E-state index contributed by atoms with van der Waals surface area (Å²) < 4.78 is 5.01. The predicted molar refractivity (Wildman–Crippen MR) is 83.9 cm³/mol. The summed E-state index contributed by atoms with van der Waals surface area (Å²) in [5.41, 5.74) is 0.908. The lowest BCUT2D eigenvalue weighted by Crippen LogP contribution is -2.25. The molecule has 2 rings (SSSR count). The largest absolute Gasteiger partial charge is 0.455 e. The smallest absolute Gasteiger partial charge is 0.309 e. The van der Waals surface area contributed by atoms with E-state index >= 15 is 0 Å². The van der Waals surface area contributed by atoms with Crippen molar-refractivity contribution in [2.75, 3.05) is 11.9 Å². The first kappa shape index (κ1) is 16.7. The molecule has 23 heavy (non-hydrogen) atoms. The summed E-state index contributed by atoms with van der Waals surface area (Å²) in [5, 5.41) is 13.3. The van der Waals surface area contributed by atoms with Crippen LogP contribution in [0.2, 0.25) is 0 Å². The van der Waals surface area contributed by atoms with Crippen molar-refractivity contribution >= 4 is 23.3 Å². The van der Waals surface area contributed by atoms with Crippen molar-refractivity contribution in [1.82, 2.24) is 0 Å². The SMILES string of the molecule is Cc1ccc([N+](=O)[O-])cc1NC(=O)COC(=O)[C@@H]1CC=CCC1. The maximum atomic E-state index is 11.9. The Labute approximate surface area is 133 Å². The quantitative estimate of drug-likeness (QED) is 0.389. The number of ether oxygens (including phenoxy) is 1. The fourth-order valence-electron chi connectivity index (χ4n) is 2.31.